The Kier molecular flexibility index (Phi) is 3.17. The topological polar surface area (TPSA) is 53.1 Å². The van der Waals surface area contributed by atoms with Crippen molar-refractivity contribution < 1.29 is 0 Å². The van der Waals surface area contributed by atoms with Gasteiger partial charge >= 0.3 is 0 Å². The molecule has 0 saturated heterocycles. The summed E-state index contributed by atoms with van der Waals surface area (Å²) in [5.74, 6) is -0.0154. The van der Waals surface area contributed by atoms with Crippen LogP contribution in [-0.4, -0.2) is 13.0 Å². The molecule has 5 heteroatoms. The Bertz CT molecular complexity index is 340. The van der Waals surface area contributed by atoms with E-state index in [1.165, 1.54) is 0 Å². The third kappa shape index (κ3) is 2.35. The van der Waals surface area contributed by atoms with Crippen molar-refractivity contribution in [2.75, 3.05) is 11.9 Å². The predicted molar refractivity (Wildman–Crippen MR) is 59.5 cm³/mol. The molecule has 0 unspecified atom stereocenters. The number of guanidine groups is 1. The second-order valence-electron chi connectivity index (χ2n) is 2.54. The number of halogens is 2. The molecular weight excluding hydrogens is 253 g/mol. The summed E-state index contributed by atoms with van der Waals surface area (Å²) < 4.78 is 0.829. The lowest BCUT2D eigenvalue weighted by Gasteiger charge is -2.16. The fraction of sp³-hybridized carbons (Fsp3) is 0.125. The van der Waals surface area contributed by atoms with Gasteiger partial charge in [-0.25, -0.2) is 0 Å². The van der Waals surface area contributed by atoms with Gasteiger partial charge in [0.25, 0.3) is 0 Å². The van der Waals surface area contributed by atoms with Crippen LogP contribution in [0.4, 0.5) is 5.69 Å². The monoisotopic (exact) mass is 261 g/mol. The highest BCUT2D eigenvalue weighted by Gasteiger charge is 2.05. The van der Waals surface area contributed by atoms with Gasteiger partial charge < -0.3 is 10.6 Å². The van der Waals surface area contributed by atoms with Crippen LogP contribution < -0.4 is 10.6 Å². The van der Waals surface area contributed by atoms with E-state index < -0.39 is 0 Å². The van der Waals surface area contributed by atoms with E-state index >= 15 is 0 Å². The van der Waals surface area contributed by atoms with Crippen LogP contribution in [0, 0.1) is 5.41 Å². The van der Waals surface area contributed by atoms with E-state index in [1.54, 1.807) is 18.0 Å². The van der Waals surface area contributed by atoms with Gasteiger partial charge in [0.2, 0.25) is 0 Å². The first-order valence-electron chi connectivity index (χ1n) is 3.55. The average molecular weight is 263 g/mol. The number of hydrogen-bond acceptors (Lipinski definition) is 1. The minimum atomic E-state index is -0.0154. The summed E-state index contributed by atoms with van der Waals surface area (Å²) >= 11 is 9.16. The zero-order valence-corrected chi connectivity index (χ0v) is 9.35. The van der Waals surface area contributed by atoms with E-state index in [2.05, 4.69) is 15.9 Å². The van der Waals surface area contributed by atoms with Crippen LogP contribution in [-0.2, 0) is 0 Å². The van der Waals surface area contributed by atoms with E-state index in [9.17, 15) is 0 Å². The van der Waals surface area contributed by atoms with Crippen molar-refractivity contribution in [2.45, 2.75) is 0 Å². The fourth-order valence-electron chi connectivity index (χ4n) is 0.833. The summed E-state index contributed by atoms with van der Waals surface area (Å²) in [7, 11) is 1.71. The number of nitrogens with two attached hydrogens (primary N) is 1. The van der Waals surface area contributed by atoms with Crippen molar-refractivity contribution in [3.63, 3.8) is 0 Å². The maximum Gasteiger partial charge on any atom is 0.192 e. The van der Waals surface area contributed by atoms with Crippen LogP contribution in [0.15, 0.2) is 22.7 Å². The quantitative estimate of drug-likeness (QED) is 0.603. The summed E-state index contributed by atoms with van der Waals surface area (Å²) in [6, 6.07) is 5.39. The van der Waals surface area contributed by atoms with Gasteiger partial charge in [0.15, 0.2) is 5.96 Å². The zero-order valence-electron chi connectivity index (χ0n) is 7.01. The van der Waals surface area contributed by atoms with Crippen molar-refractivity contribution in [1.29, 1.82) is 5.41 Å². The van der Waals surface area contributed by atoms with Gasteiger partial charge in [-0.2, -0.15) is 0 Å². The van der Waals surface area contributed by atoms with Crippen LogP contribution in [0.2, 0.25) is 5.02 Å². The van der Waals surface area contributed by atoms with E-state index in [1.807, 2.05) is 12.1 Å². The smallest absolute Gasteiger partial charge is 0.192 e. The summed E-state index contributed by atoms with van der Waals surface area (Å²) in [5, 5.41) is 7.81. The molecule has 0 fully saturated rings. The number of rotatable bonds is 1. The van der Waals surface area contributed by atoms with Gasteiger partial charge in [0.05, 0.1) is 5.02 Å². The molecule has 0 atom stereocenters. The molecule has 0 aromatic heterocycles. The van der Waals surface area contributed by atoms with Crippen LogP contribution in [0.3, 0.4) is 0 Å². The highest BCUT2D eigenvalue weighted by molar-refractivity contribution is 9.10. The second-order valence-corrected chi connectivity index (χ2v) is 3.80. The van der Waals surface area contributed by atoms with Crippen molar-refractivity contribution in [2.24, 2.45) is 5.73 Å². The molecule has 0 spiro atoms. The Hall–Kier alpha value is -0.740. The largest absolute Gasteiger partial charge is 0.370 e. The number of hydrogen-bond donors (Lipinski definition) is 2. The Morgan fingerprint density at radius 2 is 2.23 bits per heavy atom. The molecule has 0 radical (unpaired) electrons. The highest BCUT2D eigenvalue weighted by Crippen LogP contribution is 2.26. The lowest BCUT2D eigenvalue weighted by atomic mass is 10.3. The predicted octanol–water partition coefficient (Wildman–Crippen LogP) is 2.43. The Labute approximate surface area is 90.1 Å². The maximum atomic E-state index is 7.21. The number of anilines is 1. The summed E-state index contributed by atoms with van der Waals surface area (Å²) in [6.45, 7) is 0. The van der Waals surface area contributed by atoms with E-state index in [0.29, 0.717) is 5.02 Å². The lowest BCUT2D eigenvalue weighted by molar-refractivity contribution is 1.20. The van der Waals surface area contributed by atoms with E-state index in [4.69, 9.17) is 22.7 Å². The van der Waals surface area contributed by atoms with Crippen LogP contribution in [0.1, 0.15) is 0 Å². The summed E-state index contributed by atoms with van der Waals surface area (Å²) in [4.78, 5) is 1.54. The molecule has 1 rings (SSSR count). The molecule has 3 nitrogen and oxygen atoms in total. The fourth-order valence-corrected chi connectivity index (χ4v) is 1.25. The molecule has 0 aliphatic heterocycles. The van der Waals surface area contributed by atoms with Crippen LogP contribution in [0.5, 0.6) is 0 Å². The van der Waals surface area contributed by atoms with Gasteiger partial charge in [-0.15, -0.1) is 0 Å². The molecule has 0 aliphatic carbocycles. The summed E-state index contributed by atoms with van der Waals surface area (Å²) in [5.41, 5.74) is 6.10. The summed E-state index contributed by atoms with van der Waals surface area (Å²) in [6.07, 6.45) is 0. The lowest BCUT2D eigenvalue weighted by Crippen LogP contribution is -2.32. The molecule has 0 bridgehead atoms. The first kappa shape index (κ1) is 10.3. The van der Waals surface area contributed by atoms with Gasteiger partial charge in [-0.1, -0.05) is 11.6 Å². The first-order valence-corrected chi connectivity index (χ1v) is 4.72. The third-order valence-corrected chi connectivity index (χ3v) is 2.88. The van der Waals surface area contributed by atoms with Gasteiger partial charge in [-0.05, 0) is 34.1 Å². The number of nitrogens with zero attached hydrogens (tertiary/aromatic N) is 1. The molecule has 0 heterocycles. The Morgan fingerprint density at radius 3 is 2.69 bits per heavy atom. The molecule has 1 aromatic rings. The molecule has 0 saturated carbocycles. The molecule has 13 heavy (non-hydrogen) atoms. The van der Waals surface area contributed by atoms with Crippen molar-refractivity contribution >= 4 is 39.2 Å². The van der Waals surface area contributed by atoms with Gasteiger partial charge in [0.1, 0.15) is 0 Å². The zero-order chi connectivity index (χ0) is 10.0. The molecule has 0 aliphatic rings. The third-order valence-electron chi connectivity index (χ3n) is 1.65. The molecule has 3 N–H and O–H groups in total. The van der Waals surface area contributed by atoms with Gasteiger partial charge in [0, 0.05) is 17.2 Å². The average Bonchev–Trinajstić information content (AvgIpc) is 2.08. The standard InChI is InChI=1S/C8H9BrClN3/c1-13(8(11)12)5-2-3-6(9)7(10)4-5/h2-4H,1H3,(H3,11,12). The second kappa shape index (κ2) is 3.98. The maximum absolute atomic E-state index is 7.21. The number of benzene rings is 1. The van der Waals surface area contributed by atoms with Gasteiger partial charge in [-0.3, -0.25) is 5.41 Å². The SMILES string of the molecule is CN(C(=N)N)c1ccc(Br)c(Cl)c1. The minimum absolute atomic E-state index is 0.0154. The van der Waals surface area contributed by atoms with E-state index in [-0.39, 0.29) is 5.96 Å². The molecule has 70 valence electrons. The van der Waals surface area contributed by atoms with Crippen molar-refractivity contribution in [3.05, 3.63) is 27.7 Å². The molecule has 0 amide bonds. The van der Waals surface area contributed by atoms with E-state index in [0.717, 1.165) is 10.2 Å². The normalized spacial score (nSPS) is 9.77. The Balaban J connectivity index is 3.03. The van der Waals surface area contributed by atoms with Crippen LogP contribution in [0.25, 0.3) is 0 Å². The van der Waals surface area contributed by atoms with Crippen LogP contribution >= 0.6 is 27.5 Å². The Morgan fingerprint density at radius 1 is 1.62 bits per heavy atom. The minimum Gasteiger partial charge on any atom is -0.370 e. The number of nitrogens with one attached hydrogen (secondary N) is 1. The van der Waals surface area contributed by atoms with Crippen molar-refractivity contribution in [1.82, 2.24) is 0 Å². The van der Waals surface area contributed by atoms with Crippen molar-refractivity contribution in [3.8, 4) is 0 Å². The first-order chi connectivity index (χ1) is 6.02. The molecular formula is C8H9BrClN3. The molecule has 1 aromatic carbocycles. The highest BCUT2D eigenvalue weighted by atomic mass is 79.9.